The fourth-order valence-electron chi connectivity index (χ4n) is 6.38. The fraction of sp³-hybridized carbons (Fsp3) is 0.333. The molecular formula is C33H39Cl3SiTi. The van der Waals surface area contributed by atoms with Crippen molar-refractivity contribution < 1.29 is 57.7 Å². The normalized spacial score (nSPS) is 13.3. The van der Waals surface area contributed by atoms with Crippen LogP contribution in [0.1, 0.15) is 60.6 Å². The van der Waals surface area contributed by atoms with Crippen molar-refractivity contribution in [3.63, 3.8) is 0 Å². The van der Waals surface area contributed by atoms with Crippen LogP contribution in [-0.2, 0) is 25.9 Å². The third-order valence-corrected chi connectivity index (χ3v) is 15.6. The Labute approximate surface area is 262 Å². The summed E-state index contributed by atoms with van der Waals surface area (Å²) < 4.78 is 1.56. The number of benzene rings is 3. The number of rotatable bonds is 8. The molecule has 38 heavy (non-hydrogen) atoms. The van der Waals surface area contributed by atoms with E-state index in [0.29, 0.717) is 0 Å². The fourth-order valence-corrected chi connectivity index (χ4v) is 12.2. The average Bonchev–Trinajstić information content (AvgIpc) is 3.24. The number of halogens is 3. The summed E-state index contributed by atoms with van der Waals surface area (Å²) in [4.78, 5) is 0. The number of hydrogen-bond acceptors (Lipinski definition) is 0. The molecule has 0 N–H and O–H groups in total. The summed E-state index contributed by atoms with van der Waals surface area (Å²) in [7, 11) is -1.48. The SMILES string of the molecule is CC[Si](CC)(CC)C1=[C]([Ti+3])C(C(c2cccc(C)c2)(c2cccc(C)c2)c2cccc(C)c2)=CC1.[Cl-].[Cl-].[Cl-]. The number of allylic oxidation sites excluding steroid dienone is 4. The standard InChI is InChI=1S/C33H39Si.3ClH.Ti/c1-7-34(8-2,9-3)32-20-19-31(24-32)33(28-16-10-13-25(4)21-28,29-17-11-14-26(5)22-29)30-18-12-15-27(6)23-30;;;;/h10-19,21-23H,7-9,20H2,1-6H3;3*1H;/q;;;;+3/p-3. The average molecular weight is 618 g/mol. The van der Waals surface area contributed by atoms with Crippen LogP contribution in [0.3, 0.4) is 0 Å². The first kappa shape index (κ1) is 35.0. The summed E-state index contributed by atoms with van der Waals surface area (Å²) in [5.74, 6) is 0. The predicted octanol–water partition coefficient (Wildman–Crippen LogP) is 0.137. The molecule has 0 fully saturated rings. The van der Waals surface area contributed by atoms with Crippen LogP contribution in [0.15, 0.2) is 93.5 Å². The van der Waals surface area contributed by atoms with Crippen molar-refractivity contribution in [1.82, 2.24) is 0 Å². The second kappa shape index (κ2) is 14.5. The van der Waals surface area contributed by atoms with Crippen LogP contribution in [0.4, 0.5) is 0 Å². The molecule has 1 aliphatic rings. The second-order valence-corrected chi connectivity index (χ2v) is 16.4. The van der Waals surface area contributed by atoms with Gasteiger partial charge in [-0.05, 0) is 0 Å². The van der Waals surface area contributed by atoms with E-state index >= 15 is 0 Å². The molecule has 0 saturated carbocycles. The molecule has 200 valence electrons. The Kier molecular flexibility index (Phi) is 13.4. The van der Waals surface area contributed by atoms with Gasteiger partial charge in [0.05, 0.1) is 0 Å². The minimum atomic E-state index is -1.48. The summed E-state index contributed by atoms with van der Waals surface area (Å²) in [6.45, 7) is 14.0. The maximum absolute atomic E-state index is 2.60. The van der Waals surface area contributed by atoms with E-state index in [0.717, 1.165) is 6.42 Å². The zero-order valence-electron chi connectivity index (χ0n) is 23.5. The van der Waals surface area contributed by atoms with Crippen molar-refractivity contribution in [1.29, 1.82) is 0 Å². The molecule has 0 nitrogen and oxygen atoms in total. The van der Waals surface area contributed by atoms with Crippen molar-refractivity contribution in [2.45, 2.75) is 71.5 Å². The van der Waals surface area contributed by atoms with Gasteiger partial charge in [-0.1, -0.05) is 0 Å². The Morgan fingerprint density at radius 3 is 1.34 bits per heavy atom. The van der Waals surface area contributed by atoms with E-state index in [2.05, 4.69) is 141 Å². The molecule has 0 aromatic heterocycles. The van der Waals surface area contributed by atoms with Gasteiger partial charge < -0.3 is 37.2 Å². The van der Waals surface area contributed by atoms with Gasteiger partial charge in [-0.3, -0.25) is 0 Å². The van der Waals surface area contributed by atoms with Gasteiger partial charge in [-0.25, -0.2) is 0 Å². The van der Waals surface area contributed by atoms with Gasteiger partial charge in [0.2, 0.25) is 0 Å². The molecule has 3 aromatic rings. The van der Waals surface area contributed by atoms with Crippen LogP contribution in [0.2, 0.25) is 18.1 Å². The Bertz CT molecular complexity index is 1170. The monoisotopic (exact) mass is 616 g/mol. The zero-order chi connectivity index (χ0) is 25.2. The Morgan fingerprint density at radius 1 is 0.658 bits per heavy atom. The molecule has 4 rings (SSSR count). The van der Waals surface area contributed by atoms with Gasteiger partial charge in [0.15, 0.2) is 0 Å². The van der Waals surface area contributed by atoms with Crippen molar-refractivity contribution in [2.75, 3.05) is 0 Å². The molecule has 0 heterocycles. The summed E-state index contributed by atoms with van der Waals surface area (Å²) in [6.07, 6.45) is 3.72. The van der Waals surface area contributed by atoms with E-state index in [1.807, 2.05) is 0 Å². The van der Waals surface area contributed by atoms with Gasteiger partial charge in [0.1, 0.15) is 0 Å². The second-order valence-electron chi connectivity index (χ2n) is 10.4. The van der Waals surface area contributed by atoms with Crippen molar-refractivity contribution in [2.24, 2.45) is 0 Å². The minimum Gasteiger partial charge on any atom is -1.00 e. The predicted molar refractivity (Wildman–Crippen MR) is 150 cm³/mol. The largest absolute Gasteiger partial charge is 1.00 e. The quantitative estimate of drug-likeness (QED) is 0.249. The van der Waals surface area contributed by atoms with E-state index in [1.165, 1.54) is 57.1 Å². The zero-order valence-corrected chi connectivity index (χ0v) is 28.3. The van der Waals surface area contributed by atoms with E-state index < -0.39 is 8.07 Å². The molecule has 5 heteroatoms. The molecule has 3 aromatic carbocycles. The van der Waals surface area contributed by atoms with Crippen LogP contribution in [-0.4, -0.2) is 8.07 Å². The van der Waals surface area contributed by atoms with Gasteiger partial charge in [0, 0.05) is 0 Å². The number of aryl methyl sites for hydroxylation is 3. The van der Waals surface area contributed by atoms with E-state index in [1.54, 1.807) is 9.07 Å². The van der Waals surface area contributed by atoms with E-state index in [4.69, 9.17) is 0 Å². The molecular weight excluding hydrogens is 579 g/mol. The Morgan fingerprint density at radius 2 is 1.03 bits per heavy atom. The molecule has 0 bridgehead atoms. The Balaban J connectivity index is 0.00000241. The van der Waals surface area contributed by atoms with Crippen LogP contribution in [0.25, 0.3) is 0 Å². The first-order chi connectivity index (χ1) is 16.8. The summed E-state index contributed by atoms with van der Waals surface area (Å²) in [6, 6.07) is 31.7. The van der Waals surface area contributed by atoms with E-state index in [9.17, 15) is 0 Å². The van der Waals surface area contributed by atoms with Crippen LogP contribution in [0.5, 0.6) is 0 Å². The topological polar surface area (TPSA) is 0 Å². The van der Waals surface area contributed by atoms with Crippen molar-refractivity contribution in [3.8, 4) is 0 Å². The number of hydrogen-bond donors (Lipinski definition) is 0. The maximum Gasteiger partial charge on any atom is -1.00 e. The van der Waals surface area contributed by atoms with Crippen molar-refractivity contribution >= 4 is 8.07 Å². The van der Waals surface area contributed by atoms with Gasteiger partial charge >= 0.3 is 227 Å². The minimum absolute atomic E-state index is 0. The summed E-state index contributed by atoms with van der Waals surface area (Å²) in [5, 5.41) is 1.79. The molecule has 1 aliphatic carbocycles. The van der Waals surface area contributed by atoms with Crippen LogP contribution < -0.4 is 37.2 Å². The maximum atomic E-state index is 2.60. The van der Waals surface area contributed by atoms with Gasteiger partial charge in [-0.15, -0.1) is 0 Å². The third kappa shape index (κ3) is 6.14. The molecule has 0 aliphatic heterocycles. The van der Waals surface area contributed by atoms with Gasteiger partial charge in [0.25, 0.3) is 0 Å². The first-order valence-corrected chi connectivity index (χ1v) is 16.6. The molecule has 0 unspecified atom stereocenters. The molecule has 0 spiro atoms. The molecule has 0 radical (unpaired) electrons. The summed E-state index contributed by atoms with van der Waals surface area (Å²) >= 11 is 2.44. The molecule has 0 saturated heterocycles. The Hall–Kier alpha value is -1.06. The van der Waals surface area contributed by atoms with Crippen LogP contribution >= 0.6 is 0 Å². The van der Waals surface area contributed by atoms with Crippen LogP contribution in [0, 0.1) is 20.8 Å². The molecule has 0 atom stereocenters. The molecule has 0 amide bonds. The van der Waals surface area contributed by atoms with E-state index in [-0.39, 0.29) is 42.6 Å². The summed E-state index contributed by atoms with van der Waals surface area (Å²) in [5.41, 5.74) is 9.23. The third-order valence-electron chi connectivity index (χ3n) is 8.51. The smallest absolute Gasteiger partial charge is 1.00 e. The van der Waals surface area contributed by atoms with Gasteiger partial charge in [-0.2, -0.15) is 0 Å². The first-order valence-electron chi connectivity index (χ1n) is 13.2. The van der Waals surface area contributed by atoms with Crippen molar-refractivity contribution in [3.05, 3.63) is 127 Å².